The molecule has 1 aliphatic carbocycles. The minimum Gasteiger partial charge on any atom is -0.494 e. The maximum absolute atomic E-state index is 12.4. The number of halogens is 1. The van der Waals surface area contributed by atoms with Crippen LogP contribution >= 0.6 is 12.4 Å². The fourth-order valence-corrected chi connectivity index (χ4v) is 3.02. The summed E-state index contributed by atoms with van der Waals surface area (Å²) in [7, 11) is 0. The molecule has 0 aromatic heterocycles. The lowest BCUT2D eigenvalue weighted by molar-refractivity contribution is -0.128. The Morgan fingerprint density at radius 2 is 2.04 bits per heavy atom. The Morgan fingerprint density at radius 3 is 2.65 bits per heavy atom. The second kappa shape index (κ2) is 9.14. The van der Waals surface area contributed by atoms with Crippen molar-refractivity contribution < 1.29 is 9.53 Å². The summed E-state index contributed by atoms with van der Waals surface area (Å²) >= 11 is 0. The second-order valence-corrected chi connectivity index (χ2v) is 6.51. The van der Waals surface area contributed by atoms with Crippen molar-refractivity contribution in [3.05, 3.63) is 29.8 Å². The molecule has 1 aliphatic rings. The van der Waals surface area contributed by atoms with E-state index in [-0.39, 0.29) is 29.8 Å². The summed E-state index contributed by atoms with van der Waals surface area (Å²) in [5.74, 6) is 0.878. The van der Waals surface area contributed by atoms with Gasteiger partial charge < -0.3 is 15.8 Å². The van der Waals surface area contributed by atoms with Gasteiger partial charge >= 0.3 is 0 Å². The lowest BCUT2D eigenvalue weighted by Crippen LogP contribution is -2.52. The number of rotatable bonds is 6. The minimum atomic E-state index is -0.375. The molecule has 0 aliphatic heterocycles. The quantitative estimate of drug-likeness (QED) is 0.834. The maximum Gasteiger partial charge on any atom is 0.225 e. The van der Waals surface area contributed by atoms with Crippen LogP contribution in [0.4, 0.5) is 0 Å². The number of nitrogens with one attached hydrogen (secondary N) is 1. The first-order valence-corrected chi connectivity index (χ1v) is 8.31. The van der Waals surface area contributed by atoms with Gasteiger partial charge in [-0.2, -0.15) is 0 Å². The topological polar surface area (TPSA) is 64.3 Å². The zero-order chi connectivity index (χ0) is 16.0. The fraction of sp³-hybridized carbons (Fsp3) is 0.611. The summed E-state index contributed by atoms with van der Waals surface area (Å²) in [6.45, 7) is 5.35. The first kappa shape index (κ1) is 19.8. The zero-order valence-electron chi connectivity index (χ0n) is 14.1. The summed E-state index contributed by atoms with van der Waals surface area (Å²) in [6.07, 6.45) is 5.03. The summed E-state index contributed by atoms with van der Waals surface area (Å²) in [5.41, 5.74) is 6.98. The molecule has 3 N–H and O–H groups in total. The highest BCUT2D eigenvalue weighted by Crippen LogP contribution is 2.31. The average molecular weight is 341 g/mol. The Kier molecular flexibility index (Phi) is 7.86. The SMILES string of the molecule is CCCOc1ccc(CNC(=O)C2CCCCC2(C)N)cc1.Cl. The van der Waals surface area contributed by atoms with Crippen molar-refractivity contribution in [2.45, 2.75) is 58.0 Å². The van der Waals surface area contributed by atoms with Crippen LogP contribution in [0.15, 0.2) is 24.3 Å². The molecule has 1 saturated carbocycles. The van der Waals surface area contributed by atoms with E-state index in [9.17, 15) is 4.79 Å². The highest BCUT2D eigenvalue weighted by molar-refractivity contribution is 5.85. The van der Waals surface area contributed by atoms with Crippen LogP contribution in [0.2, 0.25) is 0 Å². The number of hydrogen-bond donors (Lipinski definition) is 2. The third-order valence-corrected chi connectivity index (χ3v) is 4.43. The van der Waals surface area contributed by atoms with Crippen LogP contribution in [0, 0.1) is 5.92 Å². The van der Waals surface area contributed by atoms with Crippen LogP contribution in [0.1, 0.15) is 51.5 Å². The fourth-order valence-electron chi connectivity index (χ4n) is 3.02. The molecular formula is C18H29ClN2O2. The minimum absolute atomic E-state index is 0. The van der Waals surface area contributed by atoms with Crippen molar-refractivity contribution in [3.63, 3.8) is 0 Å². The number of nitrogens with two attached hydrogens (primary N) is 1. The Morgan fingerprint density at radius 1 is 1.35 bits per heavy atom. The van der Waals surface area contributed by atoms with Gasteiger partial charge in [0, 0.05) is 12.1 Å². The van der Waals surface area contributed by atoms with Gasteiger partial charge in [0.05, 0.1) is 12.5 Å². The molecule has 0 saturated heterocycles. The first-order chi connectivity index (χ1) is 10.5. The molecule has 4 nitrogen and oxygen atoms in total. The summed E-state index contributed by atoms with van der Waals surface area (Å²) in [4.78, 5) is 12.4. The van der Waals surface area contributed by atoms with Gasteiger partial charge in [-0.1, -0.05) is 31.9 Å². The van der Waals surface area contributed by atoms with E-state index in [1.165, 1.54) is 0 Å². The van der Waals surface area contributed by atoms with E-state index < -0.39 is 0 Å². The van der Waals surface area contributed by atoms with Crippen molar-refractivity contribution in [1.29, 1.82) is 0 Å². The molecule has 0 bridgehead atoms. The summed E-state index contributed by atoms with van der Waals surface area (Å²) in [5, 5.41) is 3.03. The van der Waals surface area contributed by atoms with Gasteiger partial charge in [0.2, 0.25) is 5.91 Å². The Labute approximate surface area is 145 Å². The van der Waals surface area contributed by atoms with Gasteiger partial charge in [0.15, 0.2) is 0 Å². The first-order valence-electron chi connectivity index (χ1n) is 8.31. The van der Waals surface area contributed by atoms with Crippen molar-refractivity contribution in [2.75, 3.05) is 6.61 Å². The van der Waals surface area contributed by atoms with Crippen LogP contribution < -0.4 is 15.8 Å². The molecule has 1 fully saturated rings. The van der Waals surface area contributed by atoms with Gasteiger partial charge in [-0.15, -0.1) is 12.4 Å². The molecule has 2 unspecified atom stereocenters. The standard InChI is InChI=1S/C18H28N2O2.ClH/c1-3-12-22-15-9-7-14(8-10-15)13-20-17(21)16-6-4-5-11-18(16,2)19;/h7-10,16H,3-6,11-13,19H2,1-2H3,(H,20,21);1H. The molecule has 0 heterocycles. The molecule has 0 radical (unpaired) electrons. The van der Waals surface area contributed by atoms with E-state index in [4.69, 9.17) is 10.5 Å². The maximum atomic E-state index is 12.4. The normalized spacial score (nSPS) is 23.7. The van der Waals surface area contributed by atoms with Crippen LogP contribution in [0.5, 0.6) is 5.75 Å². The van der Waals surface area contributed by atoms with Gasteiger partial charge in [-0.05, 0) is 43.9 Å². The van der Waals surface area contributed by atoms with Crippen molar-refractivity contribution >= 4 is 18.3 Å². The van der Waals surface area contributed by atoms with E-state index in [1.54, 1.807) is 0 Å². The Balaban J connectivity index is 0.00000264. The predicted octanol–water partition coefficient (Wildman–Crippen LogP) is 3.42. The Bertz CT molecular complexity index is 488. The number of benzene rings is 1. The number of hydrogen-bond acceptors (Lipinski definition) is 3. The molecule has 0 spiro atoms. The molecule has 1 amide bonds. The number of carbonyl (C=O) groups excluding carboxylic acids is 1. The third kappa shape index (κ3) is 5.70. The Hall–Kier alpha value is -1.26. The molecule has 1 aromatic rings. The number of ether oxygens (including phenoxy) is 1. The monoisotopic (exact) mass is 340 g/mol. The third-order valence-electron chi connectivity index (χ3n) is 4.43. The molecule has 23 heavy (non-hydrogen) atoms. The predicted molar refractivity (Wildman–Crippen MR) is 95.9 cm³/mol. The average Bonchev–Trinajstić information content (AvgIpc) is 2.51. The summed E-state index contributed by atoms with van der Waals surface area (Å²) in [6, 6.07) is 7.89. The van der Waals surface area contributed by atoms with Crippen molar-refractivity contribution in [2.24, 2.45) is 11.7 Å². The van der Waals surface area contributed by atoms with Gasteiger partial charge in [0.1, 0.15) is 5.75 Å². The molecule has 2 rings (SSSR count). The van der Waals surface area contributed by atoms with Crippen LogP contribution in [-0.2, 0) is 11.3 Å². The lowest BCUT2D eigenvalue weighted by Gasteiger charge is -2.37. The molecule has 2 atom stereocenters. The van der Waals surface area contributed by atoms with Crippen molar-refractivity contribution in [1.82, 2.24) is 5.32 Å². The van der Waals surface area contributed by atoms with Crippen LogP contribution in [0.25, 0.3) is 0 Å². The van der Waals surface area contributed by atoms with E-state index in [0.29, 0.717) is 6.54 Å². The van der Waals surface area contributed by atoms with Gasteiger partial charge in [-0.3, -0.25) is 4.79 Å². The largest absolute Gasteiger partial charge is 0.494 e. The van der Waals surface area contributed by atoms with E-state index in [2.05, 4.69) is 12.2 Å². The number of amides is 1. The van der Waals surface area contributed by atoms with E-state index in [1.807, 2.05) is 31.2 Å². The highest BCUT2D eigenvalue weighted by Gasteiger charge is 2.37. The highest BCUT2D eigenvalue weighted by atomic mass is 35.5. The molecule has 5 heteroatoms. The number of carbonyl (C=O) groups is 1. The lowest BCUT2D eigenvalue weighted by atomic mass is 9.74. The van der Waals surface area contributed by atoms with Crippen molar-refractivity contribution in [3.8, 4) is 5.75 Å². The van der Waals surface area contributed by atoms with Crippen LogP contribution in [0.3, 0.4) is 0 Å². The zero-order valence-corrected chi connectivity index (χ0v) is 15.0. The van der Waals surface area contributed by atoms with E-state index >= 15 is 0 Å². The smallest absolute Gasteiger partial charge is 0.225 e. The second-order valence-electron chi connectivity index (χ2n) is 6.51. The molecule has 130 valence electrons. The van der Waals surface area contributed by atoms with E-state index in [0.717, 1.165) is 50.0 Å². The molecular weight excluding hydrogens is 312 g/mol. The molecule has 1 aromatic carbocycles. The van der Waals surface area contributed by atoms with Gasteiger partial charge in [-0.25, -0.2) is 0 Å². The van der Waals surface area contributed by atoms with Gasteiger partial charge in [0.25, 0.3) is 0 Å². The van der Waals surface area contributed by atoms with Crippen LogP contribution in [-0.4, -0.2) is 18.1 Å². The summed E-state index contributed by atoms with van der Waals surface area (Å²) < 4.78 is 5.55.